The second kappa shape index (κ2) is 17.7. The Labute approximate surface area is 294 Å². The van der Waals surface area contributed by atoms with Gasteiger partial charge in [-0.25, -0.2) is 9.59 Å². The van der Waals surface area contributed by atoms with Gasteiger partial charge >= 0.3 is 18.2 Å². The number of hydrogen-bond donors (Lipinski definition) is 3. The lowest BCUT2D eigenvalue weighted by Crippen LogP contribution is -2.53. The van der Waals surface area contributed by atoms with Crippen molar-refractivity contribution in [2.45, 2.75) is 78.0 Å². The Morgan fingerprint density at radius 3 is 1.98 bits per heavy atom. The Morgan fingerprint density at radius 2 is 1.40 bits per heavy atom. The van der Waals surface area contributed by atoms with Gasteiger partial charge < -0.3 is 29.6 Å². The molecule has 0 unspecified atom stereocenters. The second-order valence-electron chi connectivity index (χ2n) is 13.6. The summed E-state index contributed by atoms with van der Waals surface area (Å²) in [6.07, 6.45) is -0.848. The van der Waals surface area contributed by atoms with E-state index in [1.54, 1.807) is 52.0 Å². The van der Waals surface area contributed by atoms with Gasteiger partial charge in [0.15, 0.2) is 0 Å². The van der Waals surface area contributed by atoms with Crippen LogP contribution in [0.25, 0.3) is 11.1 Å². The lowest BCUT2D eigenvalue weighted by atomic mass is 9.98. The molecule has 0 aliphatic heterocycles. The van der Waals surface area contributed by atoms with Gasteiger partial charge in [0.25, 0.3) is 0 Å². The molecule has 0 aromatic heterocycles. The molecule has 3 N–H and O–H groups in total. The third-order valence-corrected chi connectivity index (χ3v) is 8.20. The van der Waals surface area contributed by atoms with E-state index in [0.29, 0.717) is 5.69 Å². The Kier molecular flexibility index (Phi) is 13.4. The van der Waals surface area contributed by atoms with Crippen LogP contribution in [0.3, 0.4) is 0 Å². The van der Waals surface area contributed by atoms with Gasteiger partial charge in [-0.2, -0.15) is 0 Å². The summed E-state index contributed by atoms with van der Waals surface area (Å²) < 4.78 is 21.8. The minimum absolute atomic E-state index is 0.0163. The number of carbonyl (C=O) groups is 4. The van der Waals surface area contributed by atoms with Gasteiger partial charge in [0.2, 0.25) is 5.91 Å². The van der Waals surface area contributed by atoms with Crippen molar-refractivity contribution in [3.8, 4) is 11.1 Å². The van der Waals surface area contributed by atoms with Gasteiger partial charge in [0, 0.05) is 24.4 Å². The van der Waals surface area contributed by atoms with E-state index in [0.717, 1.165) is 27.8 Å². The van der Waals surface area contributed by atoms with Crippen LogP contribution >= 0.6 is 0 Å². The van der Waals surface area contributed by atoms with Crippen LogP contribution in [0.1, 0.15) is 70.6 Å². The number of nitrogens with one attached hydrogen (secondary N) is 3. The van der Waals surface area contributed by atoms with E-state index in [-0.39, 0.29) is 63.1 Å². The zero-order valence-corrected chi connectivity index (χ0v) is 29.7. The zero-order chi connectivity index (χ0) is 36.3. The maximum atomic E-state index is 13.5. The van der Waals surface area contributed by atoms with Crippen LogP contribution in [-0.4, -0.2) is 68.2 Å². The number of hydrogen-bond acceptors (Lipinski definition) is 8. The summed E-state index contributed by atoms with van der Waals surface area (Å²) in [5.41, 5.74) is 5.08. The highest BCUT2D eigenvalue weighted by Crippen LogP contribution is 2.44. The van der Waals surface area contributed by atoms with Crippen molar-refractivity contribution in [2.24, 2.45) is 5.92 Å². The highest BCUT2D eigenvalue weighted by molar-refractivity contribution is 5.87. The van der Waals surface area contributed by atoms with Gasteiger partial charge in [0.05, 0.1) is 19.3 Å². The summed E-state index contributed by atoms with van der Waals surface area (Å²) in [7, 11) is 0. The van der Waals surface area contributed by atoms with Crippen molar-refractivity contribution >= 4 is 29.8 Å². The molecule has 3 amide bonds. The fourth-order valence-electron chi connectivity index (χ4n) is 5.58. The van der Waals surface area contributed by atoms with Gasteiger partial charge in [0.1, 0.15) is 24.9 Å². The average Bonchev–Trinajstić information content (AvgIpc) is 3.39. The van der Waals surface area contributed by atoms with E-state index in [1.165, 1.54) is 0 Å². The molecule has 0 bridgehead atoms. The highest BCUT2D eigenvalue weighted by atomic mass is 16.6. The number of benzene rings is 3. The number of amides is 3. The summed E-state index contributed by atoms with van der Waals surface area (Å²) in [6.45, 7) is 11.6. The topological polar surface area (TPSA) is 141 Å². The summed E-state index contributed by atoms with van der Waals surface area (Å²) in [5.74, 6) is -0.748. The first-order valence-electron chi connectivity index (χ1n) is 17.1. The predicted molar refractivity (Wildman–Crippen MR) is 191 cm³/mol. The van der Waals surface area contributed by atoms with Crippen molar-refractivity contribution in [3.05, 3.63) is 89.5 Å². The Bertz CT molecular complexity index is 1570. The van der Waals surface area contributed by atoms with Crippen molar-refractivity contribution < 1.29 is 38.1 Å². The first-order chi connectivity index (χ1) is 23.8. The molecule has 0 heterocycles. The summed E-state index contributed by atoms with van der Waals surface area (Å²) in [5, 5.41) is 8.47. The number of fused-ring (bicyclic) bond motifs is 3. The number of rotatable bonds is 15. The van der Waals surface area contributed by atoms with Crippen LogP contribution in [0.4, 0.5) is 15.3 Å². The van der Waals surface area contributed by atoms with Crippen molar-refractivity contribution in [2.75, 3.05) is 31.7 Å². The van der Waals surface area contributed by atoms with Crippen molar-refractivity contribution in [3.63, 3.8) is 0 Å². The van der Waals surface area contributed by atoms with Gasteiger partial charge in [-0.05, 0) is 66.6 Å². The fourth-order valence-corrected chi connectivity index (χ4v) is 5.58. The van der Waals surface area contributed by atoms with E-state index >= 15 is 0 Å². The fraction of sp³-hybridized carbons (Fsp3) is 0.436. The minimum atomic E-state index is -0.961. The molecule has 3 aromatic carbocycles. The van der Waals surface area contributed by atoms with Crippen molar-refractivity contribution in [1.29, 1.82) is 0 Å². The molecule has 268 valence electrons. The maximum absolute atomic E-state index is 13.5. The lowest BCUT2D eigenvalue weighted by molar-refractivity contribution is -0.144. The van der Waals surface area contributed by atoms with Crippen LogP contribution in [0.2, 0.25) is 0 Å². The molecule has 11 nitrogen and oxygen atoms in total. The molecule has 0 radical (unpaired) electrons. The van der Waals surface area contributed by atoms with Crippen LogP contribution in [0, 0.1) is 5.92 Å². The SMILES string of the molecule is CCC(=O)OCCOC[C@@H](NC(=O)[C@@H](Cc1ccc(NC(=O)OCC2c3ccccc3-c3ccccc32)cc1)NC(=O)OC(C)(C)C)C(C)C. The molecular formula is C39H49N3O8. The molecule has 11 heteroatoms. The number of carbonyl (C=O) groups excluding carboxylic acids is 4. The molecule has 1 aliphatic carbocycles. The Hall–Kier alpha value is -4.90. The van der Waals surface area contributed by atoms with E-state index in [1.807, 2.05) is 38.1 Å². The summed E-state index contributed by atoms with van der Waals surface area (Å²) in [4.78, 5) is 50.5. The molecule has 0 fully saturated rings. The molecule has 2 atom stereocenters. The molecule has 4 rings (SSSR count). The first kappa shape index (κ1) is 37.9. The monoisotopic (exact) mass is 687 g/mol. The average molecular weight is 688 g/mol. The largest absolute Gasteiger partial charge is 0.463 e. The normalized spacial score (nSPS) is 13.4. The molecule has 0 spiro atoms. The van der Waals surface area contributed by atoms with E-state index in [2.05, 4.69) is 40.2 Å². The number of esters is 1. The molecule has 1 aliphatic rings. The minimum Gasteiger partial charge on any atom is -0.463 e. The van der Waals surface area contributed by atoms with Gasteiger partial charge in [-0.15, -0.1) is 0 Å². The van der Waals surface area contributed by atoms with Crippen LogP contribution in [0.15, 0.2) is 72.8 Å². The molecule has 50 heavy (non-hydrogen) atoms. The summed E-state index contributed by atoms with van der Waals surface area (Å²) in [6, 6.07) is 22.0. The molecular weight excluding hydrogens is 638 g/mol. The third kappa shape index (κ3) is 11.1. The number of ether oxygens (including phenoxy) is 4. The van der Waals surface area contributed by atoms with Gasteiger partial charge in [-0.3, -0.25) is 14.9 Å². The standard InChI is InChI=1S/C39H49N3O8/c1-7-35(43)48-21-20-47-24-34(25(2)3)41-36(44)33(42-38(46)50-39(4,5)6)22-26-16-18-27(19-17-26)40-37(45)49-23-32-30-14-10-8-12-28(30)29-13-9-11-15-31(29)32/h8-19,25,32-34H,7,20-24H2,1-6H3,(H,40,45)(H,41,44)(H,42,46)/t33-,34-/m1/s1. The predicted octanol–water partition coefficient (Wildman–Crippen LogP) is 6.59. The molecule has 3 aromatic rings. The number of alkyl carbamates (subject to hydrolysis) is 1. The molecule has 0 saturated heterocycles. The number of anilines is 1. The highest BCUT2D eigenvalue weighted by Gasteiger charge is 2.30. The van der Waals surface area contributed by atoms with E-state index < -0.39 is 29.7 Å². The van der Waals surface area contributed by atoms with Crippen molar-refractivity contribution in [1.82, 2.24) is 10.6 Å². The zero-order valence-electron chi connectivity index (χ0n) is 29.7. The van der Waals surface area contributed by atoms with Crippen LogP contribution in [-0.2, 0) is 35.0 Å². The Balaban J connectivity index is 1.35. The molecule has 0 saturated carbocycles. The van der Waals surface area contributed by atoms with Crippen LogP contribution < -0.4 is 16.0 Å². The first-order valence-corrected chi connectivity index (χ1v) is 17.1. The Morgan fingerprint density at radius 1 is 0.780 bits per heavy atom. The smallest absolute Gasteiger partial charge is 0.411 e. The quantitative estimate of drug-likeness (QED) is 0.0923. The second-order valence-corrected chi connectivity index (χ2v) is 13.6. The van der Waals surface area contributed by atoms with Crippen LogP contribution in [0.5, 0.6) is 0 Å². The summed E-state index contributed by atoms with van der Waals surface area (Å²) >= 11 is 0. The lowest BCUT2D eigenvalue weighted by Gasteiger charge is -2.27. The maximum Gasteiger partial charge on any atom is 0.411 e. The van der Waals surface area contributed by atoms with E-state index in [9.17, 15) is 19.2 Å². The van der Waals surface area contributed by atoms with Gasteiger partial charge in [-0.1, -0.05) is 81.4 Å². The third-order valence-electron chi connectivity index (χ3n) is 8.20. The van der Waals surface area contributed by atoms with E-state index in [4.69, 9.17) is 18.9 Å².